The van der Waals surface area contributed by atoms with Crippen molar-refractivity contribution in [3.05, 3.63) is 0 Å². The van der Waals surface area contributed by atoms with Gasteiger partial charge in [-0.15, -0.1) is 0 Å². The van der Waals surface area contributed by atoms with Crippen LogP contribution in [-0.2, 0) is 84.6 Å². The molecule has 42 heteroatoms. The fraction of sp³-hybridized carbons (Fsp3) is 1.00. The van der Waals surface area contributed by atoms with Crippen LogP contribution in [-0.4, -0.2) is 427 Å². The molecule has 40 atom stereocenters. The van der Waals surface area contributed by atoms with Gasteiger partial charge in [0.25, 0.3) is 0 Å². The summed E-state index contributed by atoms with van der Waals surface area (Å²) in [6.07, 6.45) is -80.5. The molecule has 30 rings (SSSR count). The minimum Gasteiger partial charge on any atom is -0.414 e. The smallest absolute Gasteiger partial charge is 0.192 e. The van der Waals surface area contributed by atoms with Crippen molar-refractivity contribution in [3.8, 4) is 0 Å². The quantitative estimate of drug-likeness (QED) is 0.0807. The first kappa shape index (κ1) is 84.8. The van der Waals surface area contributed by atoms with Crippen LogP contribution in [0.2, 0.25) is 36.3 Å². The summed E-state index contributed by atoms with van der Waals surface area (Å²) in [5, 5.41) is 251. The van der Waals surface area contributed by atoms with Crippen molar-refractivity contribution in [2.45, 2.75) is 323 Å². The van der Waals surface area contributed by atoms with Crippen molar-refractivity contribution in [2.24, 2.45) is 0 Å². The van der Waals surface area contributed by atoms with Crippen LogP contribution >= 0.6 is 0 Å². The SMILES string of the molecule is CC(C)(C)[Si](C)(C)OC[C@H]1O[C@@H]2O[C@H]3[C@H](O)[C@@H](O)[C@@H](O[C@H]4[C@H](O)[C@@H](O)[C@@H](O[C@H]5[C@H](O)[C@@H](O)[C@@H](O[C@H]6[C@H](O)[C@@H](O)[C@@H](O[C@H]7[C@H](O)[C@@H](O)[C@@H](O[C@H]8[C@H](O)[C@@H](O)[C@@H](O[C@H]9[C@H](O)[C@@H](O)[C@@H](O[C@H]1[C@H](O)[C@H]2O)O[C@@H]9CO)O[C@@H]8CO)O[C@@H]7CO)O[C@@H]6CO[Si](C)(C)C(C)(C)C)O[C@@H]5CO)O[C@@H]4CO)O[C@@H]3CO. The molecule has 0 unspecified atom stereocenters. The second kappa shape index (κ2) is 34.2. The minimum absolute atomic E-state index is 0.467. The van der Waals surface area contributed by atoms with Crippen molar-refractivity contribution in [1.29, 1.82) is 0 Å². The van der Waals surface area contributed by atoms with Gasteiger partial charge in [0.15, 0.2) is 67.0 Å². The van der Waals surface area contributed by atoms with Gasteiger partial charge in [0.2, 0.25) is 0 Å². The Hall–Kier alpha value is -1.17. The van der Waals surface area contributed by atoms with E-state index in [1.165, 1.54) is 0 Å². The standard InChI is InChI=1S/C60H108O40Si2/c1-59(2,3)101(7,8)83-17-25-49-33(73)41(81)57(91-25)97-47-23(15-65)87-53(37(77)29(47)69)93-43-19(11-61)86-52(36(76)28(43)68)96-46-22(14-64)90-56(40(80)32(46)72)100-50-26(18-84-102(9,10)60(4,5)6)92-58(42(82)34(50)74)98-48-24(16-66)88-54(38(78)30(48)70)94-44-20(12-62)85-51(35(75)27(44)67)95-45-21(13-63)89-55(99-49)39(79)31(45)71/h19-58,61-82H,11-18H2,1-10H3/t19-,20-,21-,22-,23-,24-,25-,26-,27-,28-,29-,30-,31-,32-,33-,34-,35-,36-,37-,38-,39-,40-,41-,42-,43-,44-,45-,46-,47-,48-,49-,50-,51-,52-,53-,54-,55-,56-,57-,58-/m1/s1. The van der Waals surface area contributed by atoms with Gasteiger partial charge in [-0.25, -0.2) is 0 Å². The Morgan fingerprint density at radius 3 is 0.471 bits per heavy atom. The van der Waals surface area contributed by atoms with E-state index in [2.05, 4.69) is 0 Å². The number of rotatable bonds is 12. The molecular formula is C60H108O40Si2. The molecule has 30 heterocycles. The summed E-state index contributed by atoms with van der Waals surface area (Å²) in [7, 11) is -5.58. The van der Waals surface area contributed by atoms with Crippen molar-refractivity contribution in [1.82, 2.24) is 0 Å². The zero-order valence-corrected chi connectivity index (χ0v) is 59.9. The van der Waals surface area contributed by atoms with Crippen LogP contribution in [0.25, 0.3) is 0 Å². The molecule has 0 aromatic rings. The van der Waals surface area contributed by atoms with Crippen LogP contribution in [0.15, 0.2) is 0 Å². The number of hydrogen-bond donors (Lipinski definition) is 22. The third-order valence-electron chi connectivity index (χ3n) is 21.4. The molecule has 0 radical (unpaired) electrons. The normalized spacial score (nSPS) is 50.1. The van der Waals surface area contributed by atoms with Gasteiger partial charge in [0, 0.05) is 0 Å². The number of ether oxygens (including phenoxy) is 16. The first-order chi connectivity index (χ1) is 47.7. The second-order valence-corrected chi connectivity index (χ2v) is 39.9. The molecule has 0 aromatic carbocycles. The molecule has 0 saturated carbocycles. The summed E-state index contributed by atoms with van der Waals surface area (Å²) >= 11 is 0. The van der Waals surface area contributed by atoms with E-state index >= 15 is 0 Å². The molecule has 0 aliphatic carbocycles. The molecular weight excluding hydrogens is 1420 g/mol. The van der Waals surface area contributed by atoms with Gasteiger partial charge in [-0.1, -0.05) is 41.5 Å². The molecule has 596 valence electrons. The van der Waals surface area contributed by atoms with E-state index in [0.717, 1.165) is 0 Å². The highest BCUT2D eigenvalue weighted by Gasteiger charge is 2.61. The second-order valence-electron chi connectivity index (χ2n) is 30.2. The predicted octanol–water partition coefficient (Wildman–Crippen LogP) is -11.3. The van der Waals surface area contributed by atoms with Gasteiger partial charge in [-0.2, -0.15) is 0 Å². The van der Waals surface area contributed by atoms with Crippen molar-refractivity contribution < 1.29 is 197 Å². The van der Waals surface area contributed by atoms with Crippen LogP contribution in [0, 0.1) is 0 Å². The third-order valence-corrected chi connectivity index (χ3v) is 30.4. The van der Waals surface area contributed by atoms with E-state index in [0.29, 0.717) is 0 Å². The Kier molecular flexibility index (Phi) is 28.5. The summed E-state index contributed by atoms with van der Waals surface area (Å²) in [4.78, 5) is 0. The van der Waals surface area contributed by atoms with Crippen molar-refractivity contribution in [3.63, 3.8) is 0 Å². The minimum atomic E-state index is -2.79. The maximum atomic E-state index is 12.0. The van der Waals surface area contributed by atoms with Crippen LogP contribution in [0.4, 0.5) is 0 Å². The maximum Gasteiger partial charge on any atom is 0.192 e. The summed E-state index contributed by atoms with van der Waals surface area (Å²) in [6, 6.07) is 0. The molecule has 0 aromatic heterocycles. The molecule has 30 fully saturated rings. The first-order valence-electron chi connectivity index (χ1n) is 34.0. The van der Waals surface area contributed by atoms with E-state index in [9.17, 15) is 112 Å². The van der Waals surface area contributed by atoms with E-state index in [4.69, 9.17) is 84.6 Å². The van der Waals surface area contributed by atoms with Crippen molar-refractivity contribution >= 4 is 16.6 Å². The van der Waals surface area contributed by atoms with Crippen LogP contribution in [0.5, 0.6) is 0 Å². The van der Waals surface area contributed by atoms with Gasteiger partial charge in [0.05, 0.1) is 52.9 Å². The summed E-state index contributed by atoms with van der Waals surface area (Å²) in [5.41, 5.74) is 0. The monoisotopic (exact) mass is 1520 g/mol. The van der Waals surface area contributed by atoms with Crippen LogP contribution in [0.3, 0.4) is 0 Å². The van der Waals surface area contributed by atoms with Gasteiger partial charge >= 0.3 is 0 Å². The van der Waals surface area contributed by atoms with E-state index in [-0.39, 0.29) is 0 Å². The molecule has 0 amide bonds. The highest BCUT2D eigenvalue weighted by molar-refractivity contribution is 6.74. The van der Waals surface area contributed by atoms with E-state index in [1.807, 2.05) is 67.7 Å². The Morgan fingerprint density at radius 1 is 0.216 bits per heavy atom. The molecule has 0 spiro atoms. The molecule has 30 aliphatic rings. The van der Waals surface area contributed by atoms with Gasteiger partial charge in [0.1, 0.15) is 195 Å². The van der Waals surface area contributed by atoms with Gasteiger partial charge in [-0.3, -0.25) is 0 Å². The Morgan fingerprint density at radius 2 is 0.343 bits per heavy atom. The molecule has 40 nitrogen and oxygen atoms in total. The lowest BCUT2D eigenvalue weighted by Gasteiger charge is -2.51. The summed E-state index contributed by atoms with van der Waals surface area (Å²) < 4.78 is 108. The molecule has 30 aliphatic heterocycles. The highest BCUT2D eigenvalue weighted by Crippen LogP contribution is 2.43. The summed E-state index contributed by atoms with van der Waals surface area (Å²) in [6.45, 7) is 11.5. The maximum absolute atomic E-state index is 12.0. The fourth-order valence-corrected chi connectivity index (χ4v) is 14.9. The molecule has 22 N–H and O–H groups in total. The topological polar surface area (TPSA) is 611 Å². The molecule has 102 heavy (non-hydrogen) atoms. The van der Waals surface area contributed by atoms with E-state index < -0.39 is 325 Å². The lowest BCUT2D eigenvalue weighted by atomic mass is 9.94. The predicted molar refractivity (Wildman–Crippen MR) is 333 cm³/mol. The van der Waals surface area contributed by atoms with E-state index in [1.54, 1.807) is 0 Å². The van der Waals surface area contributed by atoms with Crippen molar-refractivity contribution in [2.75, 3.05) is 52.9 Å². The number of hydrogen-bond acceptors (Lipinski definition) is 40. The summed E-state index contributed by atoms with van der Waals surface area (Å²) in [5.74, 6) is 0. The molecule has 30 saturated heterocycles. The average Bonchev–Trinajstić information content (AvgIpc) is 0.767. The Labute approximate surface area is 588 Å². The first-order valence-corrected chi connectivity index (χ1v) is 39.8. The largest absolute Gasteiger partial charge is 0.414 e. The zero-order chi connectivity index (χ0) is 75.5. The van der Waals surface area contributed by atoms with Gasteiger partial charge < -0.3 is 197 Å². The fourth-order valence-electron chi connectivity index (χ4n) is 12.9. The Bertz CT molecular complexity index is 2420. The average molecular weight is 1530 g/mol. The Balaban J connectivity index is 1.02. The number of aliphatic hydroxyl groups is 22. The molecule has 16 bridgehead atoms. The lowest BCUT2D eigenvalue weighted by molar-refractivity contribution is -0.403. The number of aliphatic hydroxyl groups excluding tert-OH is 22. The van der Waals surface area contributed by atoms with Crippen LogP contribution < -0.4 is 0 Å². The highest BCUT2D eigenvalue weighted by atomic mass is 28.4. The lowest BCUT2D eigenvalue weighted by Crippen LogP contribution is -2.69. The van der Waals surface area contributed by atoms with Gasteiger partial charge in [-0.05, 0) is 36.3 Å². The third kappa shape index (κ3) is 17.4. The zero-order valence-electron chi connectivity index (χ0n) is 57.9. The van der Waals surface area contributed by atoms with Crippen LogP contribution in [0.1, 0.15) is 41.5 Å².